The Hall–Kier alpha value is -4.87. The van der Waals surface area contributed by atoms with Gasteiger partial charge in [-0.05, 0) is 86.2 Å². The van der Waals surface area contributed by atoms with Crippen molar-refractivity contribution in [2.75, 3.05) is 30.3 Å². The molecular formula is C38H43ClN8O3. The van der Waals surface area contributed by atoms with Crippen LogP contribution in [-0.4, -0.2) is 60.3 Å². The molecule has 50 heavy (non-hydrogen) atoms. The average molecular weight is 695 g/mol. The number of fused-ring (bicyclic) bond motifs is 2. The third kappa shape index (κ3) is 7.06. The lowest BCUT2D eigenvalue weighted by molar-refractivity contribution is 0.195. The van der Waals surface area contributed by atoms with Gasteiger partial charge in [0.05, 0.1) is 30.1 Å². The van der Waals surface area contributed by atoms with Crippen LogP contribution in [0.25, 0.3) is 17.1 Å². The average Bonchev–Trinajstić information content (AvgIpc) is 3.84. The highest BCUT2D eigenvalue weighted by atomic mass is 35.5. The van der Waals surface area contributed by atoms with Gasteiger partial charge in [-0.3, -0.25) is 10.2 Å². The molecule has 0 radical (unpaired) electrons. The highest BCUT2D eigenvalue weighted by Crippen LogP contribution is 2.37. The van der Waals surface area contributed by atoms with Crippen LogP contribution < -0.4 is 15.4 Å². The van der Waals surface area contributed by atoms with E-state index in [0.717, 1.165) is 85.1 Å². The molecule has 2 aromatic heterocycles. The number of ether oxygens (including phenoxy) is 1. The van der Waals surface area contributed by atoms with Crippen molar-refractivity contribution in [3.8, 4) is 28.6 Å². The van der Waals surface area contributed by atoms with Gasteiger partial charge in [-0.1, -0.05) is 50.1 Å². The van der Waals surface area contributed by atoms with Crippen molar-refractivity contribution >= 4 is 29.1 Å². The molecule has 0 unspecified atom stereocenters. The highest BCUT2D eigenvalue weighted by Gasteiger charge is 2.25. The van der Waals surface area contributed by atoms with E-state index in [1.165, 1.54) is 5.56 Å². The first-order chi connectivity index (χ1) is 24.0. The lowest BCUT2D eigenvalue weighted by Gasteiger charge is -2.27. The Balaban J connectivity index is 0.958. The third-order valence-corrected chi connectivity index (χ3v) is 9.63. The summed E-state index contributed by atoms with van der Waals surface area (Å²) >= 11 is 6.17. The van der Waals surface area contributed by atoms with Gasteiger partial charge in [0.15, 0.2) is 5.82 Å². The van der Waals surface area contributed by atoms with Gasteiger partial charge in [0, 0.05) is 41.8 Å². The van der Waals surface area contributed by atoms with E-state index in [1.807, 2.05) is 49.4 Å². The van der Waals surface area contributed by atoms with Crippen molar-refractivity contribution in [3.05, 3.63) is 93.9 Å². The zero-order valence-electron chi connectivity index (χ0n) is 29.0. The molecule has 3 N–H and O–H groups in total. The maximum absolute atomic E-state index is 13.4. The minimum atomic E-state index is -0.310. The van der Waals surface area contributed by atoms with Crippen molar-refractivity contribution in [2.45, 2.75) is 71.9 Å². The van der Waals surface area contributed by atoms with Gasteiger partial charge in [-0.15, -0.1) is 10.2 Å². The van der Waals surface area contributed by atoms with Crippen LogP contribution in [-0.2, 0) is 31.3 Å². The summed E-state index contributed by atoms with van der Waals surface area (Å²) in [6, 6.07) is 18.6. The number of urea groups is 1. The fourth-order valence-corrected chi connectivity index (χ4v) is 6.84. The second-order valence-electron chi connectivity index (χ2n) is 14.1. The van der Waals surface area contributed by atoms with E-state index in [-0.39, 0.29) is 17.2 Å². The topological polar surface area (TPSA) is 122 Å². The Morgan fingerprint density at radius 2 is 1.78 bits per heavy atom. The number of aromatic nitrogens is 5. The number of aromatic hydroxyl groups is 1. The van der Waals surface area contributed by atoms with Crippen molar-refractivity contribution in [1.82, 2.24) is 29.4 Å². The van der Waals surface area contributed by atoms with E-state index in [1.54, 1.807) is 22.9 Å². The SMILES string of the molecule is Cc1ccc(-n2nc(C(C)(C)C)cc2NC(=O)Nc2ccc(OCCCN3CCn4c(nnc4-c4cc(Cl)ccc4O)C3)c3c2CCC3)cc1. The van der Waals surface area contributed by atoms with Crippen LogP contribution >= 0.6 is 11.6 Å². The standard InChI is InChI=1S/C38H43ClN8O3/c1-24-9-12-26(13-10-24)47-34(22-33(44-47)38(2,3)4)41-37(49)40-30-14-16-32(28-8-5-7-27(28)30)50-20-6-17-45-18-19-46-35(23-45)42-43-36(46)29-21-25(39)11-15-31(29)48/h9-16,21-22,48H,5-8,17-20,23H2,1-4H3,(H2,40,41,49). The summed E-state index contributed by atoms with van der Waals surface area (Å²) < 4.78 is 10.2. The number of amides is 2. The number of aryl methyl sites for hydroxylation is 1. The molecule has 260 valence electrons. The van der Waals surface area contributed by atoms with Crippen molar-refractivity contribution < 1.29 is 14.6 Å². The largest absolute Gasteiger partial charge is 0.507 e. The Bertz CT molecular complexity index is 2030. The molecule has 0 saturated heterocycles. The molecule has 0 fully saturated rings. The first-order valence-electron chi connectivity index (χ1n) is 17.2. The molecule has 0 bridgehead atoms. The van der Waals surface area contributed by atoms with E-state index in [0.29, 0.717) is 35.4 Å². The molecule has 0 atom stereocenters. The number of nitrogens with zero attached hydrogens (tertiary/aromatic N) is 6. The number of benzene rings is 3. The zero-order valence-corrected chi connectivity index (χ0v) is 29.7. The minimum Gasteiger partial charge on any atom is -0.507 e. The molecule has 2 aliphatic rings. The second kappa shape index (κ2) is 13.8. The molecule has 3 heterocycles. The molecule has 0 spiro atoms. The van der Waals surface area contributed by atoms with Gasteiger partial charge in [0.25, 0.3) is 0 Å². The Morgan fingerprint density at radius 1 is 0.980 bits per heavy atom. The maximum atomic E-state index is 13.4. The minimum absolute atomic E-state index is 0.138. The number of nitrogens with one attached hydrogen (secondary N) is 2. The van der Waals surface area contributed by atoms with Gasteiger partial charge < -0.3 is 19.7 Å². The predicted molar refractivity (Wildman–Crippen MR) is 196 cm³/mol. The second-order valence-corrected chi connectivity index (χ2v) is 14.6. The van der Waals surface area contributed by atoms with E-state index in [4.69, 9.17) is 21.4 Å². The summed E-state index contributed by atoms with van der Waals surface area (Å²) in [5, 5.41) is 30.6. The van der Waals surface area contributed by atoms with E-state index >= 15 is 0 Å². The van der Waals surface area contributed by atoms with Gasteiger partial charge >= 0.3 is 6.03 Å². The molecule has 0 saturated carbocycles. The number of phenolic OH excluding ortho intramolecular Hbond substituents is 1. The van der Waals surface area contributed by atoms with Crippen LogP contribution in [0.5, 0.6) is 11.5 Å². The quantitative estimate of drug-likeness (QED) is 0.137. The smallest absolute Gasteiger partial charge is 0.324 e. The number of carbonyl (C=O) groups is 1. The summed E-state index contributed by atoms with van der Waals surface area (Å²) in [6.07, 6.45) is 3.69. The van der Waals surface area contributed by atoms with E-state index in [9.17, 15) is 9.90 Å². The number of rotatable bonds is 9. The molecule has 3 aromatic carbocycles. The van der Waals surface area contributed by atoms with E-state index in [2.05, 4.69) is 51.1 Å². The number of carbonyl (C=O) groups excluding carboxylic acids is 1. The number of phenols is 1. The third-order valence-electron chi connectivity index (χ3n) is 9.40. The number of hydrogen-bond donors (Lipinski definition) is 3. The monoisotopic (exact) mass is 694 g/mol. The predicted octanol–water partition coefficient (Wildman–Crippen LogP) is 7.51. The van der Waals surface area contributed by atoms with Crippen molar-refractivity contribution in [2.24, 2.45) is 0 Å². The Labute approximate surface area is 297 Å². The highest BCUT2D eigenvalue weighted by molar-refractivity contribution is 6.30. The molecule has 5 aromatic rings. The first kappa shape index (κ1) is 33.6. The van der Waals surface area contributed by atoms with Crippen LogP contribution in [0.2, 0.25) is 5.02 Å². The molecule has 1 aliphatic carbocycles. The zero-order chi connectivity index (χ0) is 35.0. The summed E-state index contributed by atoms with van der Waals surface area (Å²) in [4.78, 5) is 15.7. The fourth-order valence-electron chi connectivity index (χ4n) is 6.67. The Kier molecular flexibility index (Phi) is 9.28. The van der Waals surface area contributed by atoms with Crippen LogP contribution in [0.4, 0.5) is 16.3 Å². The first-order valence-corrected chi connectivity index (χ1v) is 17.6. The van der Waals surface area contributed by atoms with Gasteiger partial charge in [0.1, 0.15) is 23.1 Å². The molecule has 2 amide bonds. The van der Waals surface area contributed by atoms with Crippen molar-refractivity contribution in [3.63, 3.8) is 0 Å². The van der Waals surface area contributed by atoms with Gasteiger partial charge in [-0.25, -0.2) is 9.48 Å². The molecule has 1 aliphatic heterocycles. The molecular weight excluding hydrogens is 652 g/mol. The maximum Gasteiger partial charge on any atom is 0.324 e. The molecule has 12 heteroatoms. The molecule has 7 rings (SSSR count). The van der Waals surface area contributed by atoms with Gasteiger partial charge in [0.2, 0.25) is 0 Å². The Morgan fingerprint density at radius 3 is 2.58 bits per heavy atom. The number of hydrogen-bond acceptors (Lipinski definition) is 7. The summed E-state index contributed by atoms with van der Waals surface area (Å²) in [5.41, 5.74) is 6.46. The number of anilines is 2. The van der Waals surface area contributed by atoms with E-state index < -0.39 is 0 Å². The molecule has 11 nitrogen and oxygen atoms in total. The lowest BCUT2D eigenvalue weighted by atomic mass is 9.92. The number of halogens is 1. The summed E-state index contributed by atoms with van der Waals surface area (Å²) in [6.45, 7) is 12.1. The van der Waals surface area contributed by atoms with Crippen LogP contribution in [0, 0.1) is 6.92 Å². The summed E-state index contributed by atoms with van der Waals surface area (Å²) in [7, 11) is 0. The van der Waals surface area contributed by atoms with Crippen LogP contribution in [0.1, 0.15) is 61.8 Å². The van der Waals surface area contributed by atoms with Crippen LogP contribution in [0.3, 0.4) is 0 Å². The summed E-state index contributed by atoms with van der Waals surface area (Å²) in [5.74, 6) is 3.14. The lowest BCUT2D eigenvalue weighted by Crippen LogP contribution is -2.35. The van der Waals surface area contributed by atoms with Crippen molar-refractivity contribution in [1.29, 1.82) is 0 Å². The van der Waals surface area contributed by atoms with Crippen LogP contribution in [0.15, 0.2) is 60.7 Å². The normalized spacial score (nSPS) is 14.3. The fraction of sp³-hybridized carbons (Fsp3) is 0.368. The van der Waals surface area contributed by atoms with Gasteiger partial charge in [-0.2, -0.15) is 5.10 Å².